The molecular weight excluding hydrogens is 308 g/mol. The summed E-state index contributed by atoms with van der Waals surface area (Å²) in [6.07, 6.45) is 2.29. The average molecular weight is 327 g/mol. The Morgan fingerprint density at radius 2 is 2.37 bits per heavy atom. The number of benzene rings is 1. The highest BCUT2D eigenvalue weighted by Gasteiger charge is 2.26. The van der Waals surface area contributed by atoms with Crippen LogP contribution in [0.5, 0.6) is 0 Å². The minimum atomic E-state index is -0.0672. The van der Waals surface area contributed by atoms with Crippen LogP contribution in [0.3, 0.4) is 0 Å². The second-order valence-corrected chi connectivity index (χ2v) is 5.67. The Balaban J connectivity index is 1.92. The van der Waals surface area contributed by atoms with Crippen molar-refractivity contribution in [3.05, 3.63) is 28.2 Å². The maximum atomic E-state index is 12.0. The van der Waals surface area contributed by atoms with Crippen molar-refractivity contribution in [1.29, 1.82) is 0 Å². The van der Waals surface area contributed by atoms with Crippen LogP contribution in [-0.2, 0) is 4.74 Å². The first-order valence-corrected chi connectivity index (χ1v) is 7.36. The minimum Gasteiger partial charge on any atom is -0.398 e. The summed E-state index contributed by atoms with van der Waals surface area (Å²) in [5.74, 6) is 0.355. The molecule has 19 heavy (non-hydrogen) atoms. The second-order valence-electron chi connectivity index (χ2n) is 4.81. The largest absolute Gasteiger partial charge is 0.398 e. The lowest BCUT2D eigenvalue weighted by Gasteiger charge is -2.17. The molecule has 1 aromatic rings. The topological polar surface area (TPSA) is 64.3 Å². The van der Waals surface area contributed by atoms with Gasteiger partial charge in [0.15, 0.2) is 0 Å². The van der Waals surface area contributed by atoms with E-state index in [0.29, 0.717) is 23.7 Å². The summed E-state index contributed by atoms with van der Waals surface area (Å²) in [6, 6.07) is 5.21. The summed E-state index contributed by atoms with van der Waals surface area (Å²) in [6.45, 7) is 3.58. The minimum absolute atomic E-state index is 0.0672. The molecule has 3 N–H and O–H groups in total. The van der Waals surface area contributed by atoms with Crippen LogP contribution >= 0.6 is 15.9 Å². The average Bonchev–Trinajstić information content (AvgIpc) is 2.86. The van der Waals surface area contributed by atoms with E-state index in [1.807, 2.05) is 0 Å². The van der Waals surface area contributed by atoms with Crippen molar-refractivity contribution in [2.24, 2.45) is 5.92 Å². The monoisotopic (exact) mass is 326 g/mol. The fourth-order valence-electron chi connectivity index (χ4n) is 2.37. The molecule has 1 aliphatic rings. The third-order valence-electron chi connectivity index (χ3n) is 3.54. The van der Waals surface area contributed by atoms with Gasteiger partial charge in [0.25, 0.3) is 5.91 Å². The van der Waals surface area contributed by atoms with Crippen LogP contribution in [0.1, 0.15) is 30.1 Å². The van der Waals surface area contributed by atoms with Crippen molar-refractivity contribution >= 4 is 27.5 Å². The Labute approximate surface area is 121 Å². The third kappa shape index (κ3) is 3.48. The molecule has 1 amide bonds. The van der Waals surface area contributed by atoms with Crippen LogP contribution in [0, 0.1) is 5.92 Å². The molecule has 2 unspecified atom stereocenters. The molecule has 1 fully saturated rings. The Morgan fingerprint density at radius 3 is 3.05 bits per heavy atom. The van der Waals surface area contributed by atoms with Crippen molar-refractivity contribution in [3.63, 3.8) is 0 Å². The second kappa shape index (κ2) is 6.39. The summed E-state index contributed by atoms with van der Waals surface area (Å²) in [7, 11) is 0. The maximum absolute atomic E-state index is 12.0. The molecule has 0 saturated carbocycles. The van der Waals surface area contributed by atoms with E-state index >= 15 is 0 Å². The van der Waals surface area contributed by atoms with Gasteiger partial charge in [0, 0.05) is 34.8 Å². The van der Waals surface area contributed by atoms with Gasteiger partial charge in [-0.25, -0.2) is 0 Å². The van der Waals surface area contributed by atoms with E-state index in [1.165, 1.54) is 0 Å². The molecule has 1 aromatic carbocycles. The highest BCUT2D eigenvalue weighted by atomic mass is 79.9. The van der Waals surface area contributed by atoms with E-state index in [9.17, 15) is 4.79 Å². The van der Waals surface area contributed by atoms with Gasteiger partial charge in [0.05, 0.1) is 6.10 Å². The van der Waals surface area contributed by atoms with E-state index in [1.54, 1.807) is 18.2 Å². The number of nitrogens with one attached hydrogen (secondary N) is 1. The number of anilines is 1. The van der Waals surface area contributed by atoms with E-state index in [-0.39, 0.29) is 12.0 Å². The normalized spacial score (nSPS) is 22.4. The molecular formula is C14H19BrN2O2. The van der Waals surface area contributed by atoms with Crippen molar-refractivity contribution in [2.75, 3.05) is 18.9 Å². The number of hydrogen-bond acceptors (Lipinski definition) is 3. The zero-order valence-electron chi connectivity index (χ0n) is 11.0. The number of ether oxygens (including phenoxy) is 1. The van der Waals surface area contributed by atoms with Crippen LogP contribution in [0.25, 0.3) is 0 Å². The summed E-state index contributed by atoms with van der Waals surface area (Å²) in [4.78, 5) is 12.0. The van der Waals surface area contributed by atoms with Gasteiger partial charge in [-0.05, 0) is 47.0 Å². The van der Waals surface area contributed by atoms with Crippen molar-refractivity contribution < 1.29 is 9.53 Å². The Kier molecular flexibility index (Phi) is 4.82. The first-order chi connectivity index (χ1) is 9.11. The van der Waals surface area contributed by atoms with Crippen LogP contribution in [0.2, 0.25) is 0 Å². The van der Waals surface area contributed by atoms with Gasteiger partial charge >= 0.3 is 0 Å². The summed E-state index contributed by atoms with van der Waals surface area (Å²) in [5.41, 5.74) is 6.95. The Morgan fingerprint density at radius 1 is 1.58 bits per heavy atom. The molecule has 1 heterocycles. The highest BCUT2D eigenvalue weighted by molar-refractivity contribution is 9.10. The number of hydrogen-bond donors (Lipinski definition) is 2. The number of nitrogens with two attached hydrogens (primary N) is 1. The molecule has 104 valence electrons. The first-order valence-electron chi connectivity index (χ1n) is 6.56. The van der Waals surface area contributed by atoms with Gasteiger partial charge in [-0.3, -0.25) is 4.79 Å². The lowest BCUT2D eigenvalue weighted by atomic mass is 9.99. The molecule has 2 rings (SSSR count). The van der Waals surface area contributed by atoms with Gasteiger partial charge in [0.1, 0.15) is 0 Å². The summed E-state index contributed by atoms with van der Waals surface area (Å²) in [5, 5.41) is 2.97. The third-order valence-corrected chi connectivity index (χ3v) is 4.22. The summed E-state index contributed by atoms with van der Waals surface area (Å²) < 4.78 is 6.36. The zero-order chi connectivity index (χ0) is 13.8. The van der Waals surface area contributed by atoms with Gasteiger partial charge in [-0.1, -0.05) is 6.92 Å². The molecule has 1 saturated heterocycles. The SMILES string of the molecule is CCC1OCCC1CNC(=O)c1ccc(N)c(Br)c1. The lowest BCUT2D eigenvalue weighted by Crippen LogP contribution is -2.32. The van der Waals surface area contributed by atoms with Crippen LogP contribution in [0.15, 0.2) is 22.7 Å². The Hall–Kier alpha value is -1.07. The number of amides is 1. The summed E-state index contributed by atoms with van der Waals surface area (Å²) >= 11 is 3.33. The standard InChI is InChI=1S/C14H19BrN2O2/c1-2-13-10(5-6-19-13)8-17-14(18)9-3-4-12(16)11(15)7-9/h3-4,7,10,13H,2,5-6,8,16H2,1H3,(H,17,18). The number of carbonyl (C=O) groups excluding carboxylic acids is 1. The molecule has 0 aliphatic carbocycles. The quantitative estimate of drug-likeness (QED) is 0.836. The van der Waals surface area contributed by atoms with Gasteiger partial charge in [-0.2, -0.15) is 0 Å². The van der Waals surface area contributed by atoms with Gasteiger partial charge < -0.3 is 15.8 Å². The van der Waals surface area contributed by atoms with Crippen molar-refractivity contribution in [2.45, 2.75) is 25.9 Å². The maximum Gasteiger partial charge on any atom is 0.251 e. The predicted octanol–water partition coefficient (Wildman–Crippen LogP) is 2.58. The number of rotatable bonds is 4. The molecule has 5 heteroatoms. The number of carbonyl (C=O) groups is 1. The highest BCUT2D eigenvalue weighted by Crippen LogP contribution is 2.23. The van der Waals surface area contributed by atoms with Crippen molar-refractivity contribution in [1.82, 2.24) is 5.32 Å². The molecule has 0 aromatic heterocycles. The number of nitrogen functional groups attached to an aromatic ring is 1. The predicted molar refractivity (Wildman–Crippen MR) is 79.0 cm³/mol. The van der Waals surface area contributed by atoms with Crippen LogP contribution in [-0.4, -0.2) is 25.2 Å². The molecule has 1 aliphatic heterocycles. The van der Waals surface area contributed by atoms with E-state index in [4.69, 9.17) is 10.5 Å². The fourth-order valence-corrected chi connectivity index (χ4v) is 2.75. The van der Waals surface area contributed by atoms with Gasteiger partial charge in [0.2, 0.25) is 0 Å². The lowest BCUT2D eigenvalue weighted by molar-refractivity contribution is 0.0827. The molecule has 2 atom stereocenters. The van der Waals surface area contributed by atoms with Crippen molar-refractivity contribution in [3.8, 4) is 0 Å². The molecule has 0 spiro atoms. The van der Waals surface area contributed by atoms with Crippen LogP contribution in [0.4, 0.5) is 5.69 Å². The molecule has 0 radical (unpaired) electrons. The smallest absolute Gasteiger partial charge is 0.251 e. The van der Waals surface area contributed by atoms with E-state index in [0.717, 1.165) is 23.9 Å². The fraction of sp³-hybridized carbons (Fsp3) is 0.500. The van der Waals surface area contributed by atoms with Gasteiger partial charge in [-0.15, -0.1) is 0 Å². The molecule has 0 bridgehead atoms. The van der Waals surface area contributed by atoms with Crippen LogP contribution < -0.4 is 11.1 Å². The Bertz CT molecular complexity index is 465. The first kappa shape index (κ1) is 14.3. The van der Waals surface area contributed by atoms with E-state index in [2.05, 4.69) is 28.2 Å². The molecule has 4 nitrogen and oxygen atoms in total. The van der Waals surface area contributed by atoms with E-state index < -0.39 is 0 Å². The zero-order valence-corrected chi connectivity index (χ0v) is 12.6. The number of halogens is 1.